The smallest absolute Gasteiger partial charge is 0.0984 e. The second-order valence-corrected chi connectivity index (χ2v) is 5.15. The summed E-state index contributed by atoms with van der Waals surface area (Å²) in [6, 6.07) is 16.8. The van der Waals surface area contributed by atoms with E-state index in [1.807, 2.05) is 6.07 Å². The summed E-state index contributed by atoms with van der Waals surface area (Å²) in [5.74, 6) is 0. The Morgan fingerprint density at radius 3 is 2.13 bits per heavy atom. The van der Waals surface area contributed by atoms with Crippen molar-refractivity contribution in [3.8, 4) is 0 Å². The van der Waals surface area contributed by atoms with E-state index >= 15 is 0 Å². The van der Waals surface area contributed by atoms with E-state index in [4.69, 9.17) is 12.2 Å². The van der Waals surface area contributed by atoms with Crippen LogP contribution in [-0.4, -0.2) is 0 Å². The normalized spacial score (nSPS) is 10.9. The van der Waals surface area contributed by atoms with Crippen molar-refractivity contribution in [3.05, 3.63) is 52.4 Å². The maximum atomic E-state index is 5.40. The molecule has 15 heavy (non-hydrogen) atoms. The molecule has 0 saturated carbocycles. The number of rotatable bonds is 0. The Bertz CT molecular complexity index is 695. The van der Waals surface area contributed by atoms with Gasteiger partial charge in [0.25, 0.3) is 0 Å². The van der Waals surface area contributed by atoms with Crippen LogP contribution >= 0.6 is 23.6 Å². The molecule has 0 saturated heterocycles. The van der Waals surface area contributed by atoms with Crippen LogP contribution in [0.4, 0.5) is 0 Å². The molecule has 0 N–H and O–H groups in total. The van der Waals surface area contributed by atoms with Crippen LogP contribution in [0.25, 0.3) is 20.9 Å². The first-order valence-electron chi connectivity index (χ1n) is 4.77. The van der Waals surface area contributed by atoms with Gasteiger partial charge >= 0.3 is 0 Å². The highest BCUT2D eigenvalue weighted by atomic mass is 32.1. The third-order valence-corrected chi connectivity index (χ3v) is 3.98. The molecule has 0 spiro atoms. The first-order chi connectivity index (χ1) is 7.36. The molecule has 3 rings (SSSR count). The summed E-state index contributed by atoms with van der Waals surface area (Å²) in [7, 11) is 0. The number of benzene rings is 2. The number of fused-ring (bicyclic) bond motifs is 3. The minimum atomic E-state index is 0.976. The molecule has 1 aromatic heterocycles. The van der Waals surface area contributed by atoms with Gasteiger partial charge in [-0.1, -0.05) is 54.7 Å². The van der Waals surface area contributed by atoms with Gasteiger partial charge in [0.2, 0.25) is 0 Å². The van der Waals surface area contributed by atoms with Gasteiger partial charge in [-0.3, -0.25) is 0 Å². The van der Waals surface area contributed by atoms with Crippen LogP contribution in [0.5, 0.6) is 0 Å². The molecule has 3 aromatic rings. The topological polar surface area (TPSA) is 0 Å². The van der Waals surface area contributed by atoms with E-state index in [9.17, 15) is 0 Å². The van der Waals surface area contributed by atoms with E-state index in [0.717, 1.165) is 3.82 Å². The van der Waals surface area contributed by atoms with E-state index in [2.05, 4.69) is 42.5 Å². The Morgan fingerprint density at radius 1 is 0.733 bits per heavy atom. The predicted molar refractivity (Wildman–Crippen MR) is 70.2 cm³/mol. The lowest BCUT2D eigenvalue weighted by Gasteiger charge is -2.02. The van der Waals surface area contributed by atoms with Crippen molar-refractivity contribution < 1.29 is 0 Å². The van der Waals surface area contributed by atoms with Crippen molar-refractivity contribution in [2.45, 2.75) is 0 Å². The minimum Gasteiger partial charge on any atom is -0.123 e. The molecule has 0 amide bonds. The highest BCUT2D eigenvalue weighted by Crippen LogP contribution is 2.29. The van der Waals surface area contributed by atoms with E-state index in [0.29, 0.717) is 0 Å². The maximum absolute atomic E-state index is 5.40. The summed E-state index contributed by atoms with van der Waals surface area (Å²) in [5, 5.41) is 3.75. The Morgan fingerprint density at radius 2 is 1.33 bits per heavy atom. The highest BCUT2D eigenvalue weighted by Gasteiger charge is 2.01. The number of hydrogen-bond donors (Lipinski definition) is 0. The van der Waals surface area contributed by atoms with Crippen molar-refractivity contribution in [1.29, 1.82) is 0 Å². The Labute approximate surface area is 96.8 Å². The molecule has 0 aliphatic rings. The molecule has 0 unspecified atom stereocenters. The summed E-state index contributed by atoms with van der Waals surface area (Å²) in [6.45, 7) is 0. The van der Waals surface area contributed by atoms with E-state index in [1.54, 1.807) is 11.3 Å². The van der Waals surface area contributed by atoms with Crippen molar-refractivity contribution in [3.63, 3.8) is 0 Å². The minimum absolute atomic E-state index is 0.976. The third kappa shape index (κ3) is 1.37. The fourth-order valence-electron chi connectivity index (χ4n) is 1.83. The molecule has 0 aliphatic carbocycles. The van der Waals surface area contributed by atoms with E-state index in [-0.39, 0.29) is 0 Å². The highest BCUT2D eigenvalue weighted by molar-refractivity contribution is 7.74. The molecule has 0 aliphatic heterocycles. The Kier molecular flexibility index (Phi) is 2.04. The number of hydrogen-bond acceptors (Lipinski definition) is 2. The third-order valence-electron chi connectivity index (χ3n) is 2.53. The standard InChI is InChI=1S/C13H8S2/c14-13-11-7-2-1-5-9(11)10-6-3-4-8-12(10)15-13/h1-8H. The van der Waals surface area contributed by atoms with Crippen LogP contribution in [0, 0.1) is 3.82 Å². The van der Waals surface area contributed by atoms with Gasteiger partial charge in [-0.25, -0.2) is 0 Å². The zero-order valence-electron chi connectivity index (χ0n) is 7.94. The SMILES string of the molecule is S=c1sc2ccccc2c2ccccc12. The van der Waals surface area contributed by atoms with Crippen LogP contribution in [0.15, 0.2) is 48.5 Å². The zero-order chi connectivity index (χ0) is 10.3. The summed E-state index contributed by atoms with van der Waals surface area (Å²) in [5.41, 5.74) is 0. The molecule has 1 heterocycles. The van der Waals surface area contributed by atoms with Gasteiger partial charge in [-0.2, -0.15) is 0 Å². The monoisotopic (exact) mass is 228 g/mol. The zero-order valence-corrected chi connectivity index (χ0v) is 9.57. The second kappa shape index (κ2) is 3.40. The first kappa shape index (κ1) is 9.01. The molecule has 0 radical (unpaired) electrons. The largest absolute Gasteiger partial charge is 0.123 e. The van der Waals surface area contributed by atoms with Gasteiger partial charge in [-0.15, -0.1) is 11.3 Å². The molecule has 2 aromatic carbocycles. The van der Waals surface area contributed by atoms with Crippen molar-refractivity contribution >= 4 is 44.4 Å². The van der Waals surface area contributed by atoms with Crippen LogP contribution in [0.3, 0.4) is 0 Å². The predicted octanol–water partition coefficient (Wildman–Crippen LogP) is 4.78. The fraction of sp³-hybridized carbons (Fsp3) is 0. The van der Waals surface area contributed by atoms with E-state index in [1.165, 1.54) is 20.9 Å². The van der Waals surface area contributed by atoms with E-state index < -0.39 is 0 Å². The van der Waals surface area contributed by atoms with Crippen molar-refractivity contribution in [1.82, 2.24) is 0 Å². The van der Waals surface area contributed by atoms with Crippen LogP contribution in [0.1, 0.15) is 0 Å². The quantitative estimate of drug-likeness (QED) is 0.394. The first-order valence-corrected chi connectivity index (χ1v) is 5.99. The average molecular weight is 228 g/mol. The summed E-state index contributed by atoms with van der Waals surface area (Å²) in [4.78, 5) is 0. The lowest BCUT2D eigenvalue weighted by molar-refractivity contribution is 1.81. The van der Waals surface area contributed by atoms with Crippen molar-refractivity contribution in [2.75, 3.05) is 0 Å². The maximum Gasteiger partial charge on any atom is 0.0984 e. The molecule has 0 atom stereocenters. The fourth-order valence-corrected chi connectivity index (χ4v) is 3.20. The summed E-state index contributed by atoms with van der Waals surface area (Å²) < 4.78 is 2.24. The average Bonchev–Trinajstić information content (AvgIpc) is 2.30. The molecule has 0 bridgehead atoms. The van der Waals surface area contributed by atoms with Crippen molar-refractivity contribution in [2.24, 2.45) is 0 Å². The lowest BCUT2D eigenvalue weighted by atomic mass is 10.1. The molecule has 72 valence electrons. The Hall–Kier alpha value is -1.25. The van der Waals surface area contributed by atoms with Gasteiger partial charge in [0, 0.05) is 10.1 Å². The van der Waals surface area contributed by atoms with Gasteiger partial charge in [0.1, 0.15) is 0 Å². The molecular formula is C13H8S2. The van der Waals surface area contributed by atoms with Gasteiger partial charge in [-0.05, 0) is 16.8 Å². The molecular weight excluding hydrogens is 220 g/mol. The summed E-state index contributed by atoms with van der Waals surface area (Å²) >= 11 is 7.09. The Balaban J connectivity index is 2.70. The summed E-state index contributed by atoms with van der Waals surface area (Å²) in [6.07, 6.45) is 0. The lowest BCUT2D eigenvalue weighted by Crippen LogP contribution is -1.75. The molecule has 0 nitrogen and oxygen atoms in total. The molecule has 2 heteroatoms. The van der Waals surface area contributed by atoms with Crippen LogP contribution < -0.4 is 0 Å². The van der Waals surface area contributed by atoms with Crippen LogP contribution in [0.2, 0.25) is 0 Å². The van der Waals surface area contributed by atoms with Gasteiger partial charge < -0.3 is 0 Å². The molecule has 0 fully saturated rings. The van der Waals surface area contributed by atoms with Gasteiger partial charge in [0.05, 0.1) is 3.82 Å². The van der Waals surface area contributed by atoms with Crippen LogP contribution in [-0.2, 0) is 0 Å². The second-order valence-electron chi connectivity index (χ2n) is 3.43. The van der Waals surface area contributed by atoms with Gasteiger partial charge in [0.15, 0.2) is 0 Å².